The van der Waals surface area contributed by atoms with Crippen molar-refractivity contribution in [2.75, 3.05) is 6.61 Å². The van der Waals surface area contributed by atoms with Crippen LogP contribution >= 0.6 is 22.7 Å². The molecule has 8 heteroatoms. The molecule has 3 heterocycles. The van der Waals surface area contributed by atoms with E-state index < -0.39 is 11.5 Å². The summed E-state index contributed by atoms with van der Waals surface area (Å²) in [5.74, 6) is -0.775. The van der Waals surface area contributed by atoms with Crippen LogP contribution in [0.1, 0.15) is 65.3 Å². The standard InChI is InChI=1S/C30H32O6S2/c1-19-8-11-24-29(2,21(19)10-9-20-13-15-34-26(20)31)14-12-25(36-28(33)23-7-5-17-38-23)30(24,3)18-35-27(32)22-6-4-16-37-22/h4-7,9,13,15-17,21,24-25H,1,8,10-12,14,18H2,2-3H3/b20-9+/t21-,24?,25-,29+,30+/m1/s1. The van der Waals surface area contributed by atoms with Crippen molar-refractivity contribution in [1.29, 1.82) is 0 Å². The van der Waals surface area contributed by atoms with E-state index in [9.17, 15) is 14.4 Å². The molecule has 0 bridgehead atoms. The number of allylic oxidation sites excluding steroid dienone is 2. The maximum atomic E-state index is 13.0. The molecular weight excluding hydrogens is 520 g/mol. The zero-order valence-corrected chi connectivity index (χ0v) is 23.3. The van der Waals surface area contributed by atoms with E-state index in [0.717, 1.165) is 19.3 Å². The smallest absolute Gasteiger partial charge is 0.348 e. The summed E-state index contributed by atoms with van der Waals surface area (Å²) < 4.78 is 17.0. The van der Waals surface area contributed by atoms with Crippen LogP contribution in [0, 0.1) is 22.7 Å². The molecule has 5 rings (SSSR count). The van der Waals surface area contributed by atoms with Crippen molar-refractivity contribution in [2.24, 2.45) is 22.7 Å². The number of carbonyl (C=O) groups is 3. The van der Waals surface area contributed by atoms with Crippen LogP contribution in [0.4, 0.5) is 0 Å². The number of hydrogen-bond acceptors (Lipinski definition) is 8. The molecule has 2 fully saturated rings. The number of carbonyl (C=O) groups excluding carboxylic acids is 3. The molecule has 6 nitrogen and oxygen atoms in total. The van der Waals surface area contributed by atoms with E-state index in [2.05, 4.69) is 20.4 Å². The van der Waals surface area contributed by atoms with Crippen LogP contribution in [0.2, 0.25) is 0 Å². The zero-order chi connectivity index (χ0) is 26.9. The molecule has 38 heavy (non-hydrogen) atoms. The molecule has 0 aromatic carbocycles. The third-order valence-corrected chi connectivity index (χ3v) is 10.5. The lowest BCUT2D eigenvalue weighted by atomic mass is 9.46. The third-order valence-electron chi connectivity index (χ3n) is 8.76. The number of esters is 3. The largest absolute Gasteiger partial charge is 0.461 e. The molecule has 0 N–H and O–H groups in total. The third kappa shape index (κ3) is 4.92. The minimum atomic E-state index is -0.592. The van der Waals surface area contributed by atoms with Gasteiger partial charge in [-0.3, -0.25) is 0 Å². The normalized spacial score (nSPS) is 31.6. The van der Waals surface area contributed by atoms with Gasteiger partial charge in [0.2, 0.25) is 0 Å². The number of fused-ring (bicyclic) bond motifs is 1. The van der Waals surface area contributed by atoms with E-state index in [1.807, 2.05) is 29.0 Å². The molecule has 5 atom stereocenters. The van der Waals surface area contributed by atoms with Gasteiger partial charge in [0, 0.05) is 5.41 Å². The van der Waals surface area contributed by atoms with Gasteiger partial charge >= 0.3 is 17.9 Å². The van der Waals surface area contributed by atoms with Gasteiger partial charge in [0.05, 0.1) is 11.8 Å². The lowest BCUT2D eigenvalue weighted by molar-refractivity contribution is -0.154. The van der Waals surface area contributed by atoms with Crippen LogP contribution in [-0.2, 0) is 19.0 Å². The molecule has 0 saturated heterocycles. The fourth-order valence-corrected chi connectivity index (χ4v) is 7.99. The first-order valence-electron chi connectivity index (χ1n) is 12.9. The number of rotatable bonds is 7. The monoisotopic (exact) mass is 552 g/mol. The van der Waals surface area contributed by atoms with Gasteiger partial charge in [-0.1, -0.05) is 44.2 Å². The average molecular weight is 553 g/mol. The first kappa shape index (κ1) is 26.6. The second-order valence-corrected chi connectivity index (χ2v) is 12.8. The molecule has 3 aliphatic rings. The van der Waals surface area contributed by atoms with E-state index in [0.29, 0.717) is 28.2 Å². The van der Waals surface area contributed by atoms with Gasteiger partial charge in [-0.05, 0) is 78.3 Å². The molecule has 2 aromatic rings. The first-order chi connectivity index (χ1) is 18.2. The summed E-state index contributed by atoms with van der Waals surface area (Å²) >= 11 is 2.71. The van der Waals surface area contributed by atoms with Gasteiger partial charge < -0.3 is 14.2 Å². The molecule has 2 aliphatic carbocycles. The van der Waals surface area contributed by atoms with Crippen molar-refractivity contribution in [3.8, 4) is 0 Å². The van der Waals surface area contributed by atoms with E-state index in [1.54, 1.807) is 18.2 Å². The van der Waals surface area contributed by atoms with Gasteiger partial charge in [-0.25, -0.2) is 14.4 Å². The SMILES string of the molecule is C=C1CCC2[C@](C)(COC(=O)c3cccs3)[C@H](OC(=O)c3cccs3)CC[C@@]2(C)[C@@H]1C/C=C1\C=COC1=O. The van der Waals surface area contributed by atoms with Crippen molar-refractivity contribution in [1.82, 2.24) is 0 Å². The molecule has 0 spiro atoms. The summed E-state index contributed by atoms with van der Waals surface area (Å²) in [6.07, 6.45) is 8.52. The Morgan fingerprint density at radius 1 is 1.13 bits per heavy atom. The van der Waals surface area contributed by atoms with Crippen molar-refractivity contribution in [3.05, 3.63) is 80.9 Å². The zero-order valence-electron chi connectivity index (χ0n) is 21.6. The molecule has 2 saturated carbocycles. The molecule has 200 valence electrons. The molecular formula is C30H32O6S2. The quantitative estimate of drug-likeness (QED) is 0.160. The summed E-state index contributed by atoms with van der Waals surface area (Å²) in [7, 11) is 0. The highest BCUT2D eigenvalue weighted by Gasteiger charge is 2.59. The fourth-order valence-electron chi connectivity index (χ4n) is 6.76. The Bertz CT molecular complexity index is 1270. The van der Waals surface area contributed by atoms with Crippen LogP contribution in [0.15, 0.2) is 71.2 Å². The Balaban J connectivity index is 1.44. The predicted molar refractivity (Wildman–Crippen MR) is 147 cm³/mol. The molecule has 2 aromatic heterocycles. The van der Waals surface area contributed by atoms with Gasteiger partial charge in [-0.15, -0.1) is 22.7 Å². The van der Waals surface area contributed by atoms with Crippen molar-refractivity contribution >= 4 is 40.6 Å². The molecule has 0 amide bonds. The minimum absolute atomic E-state index is 0.112. The van der Waals surface area contributed by atoms with Crippen LogP contribution in [0.25, 0.3) is 0 Å². The van der Waals surface area contributed by atoms with Crippen LogP contribution in [0.3, 0.4) is 0 Å². The molecule has 1 unspecified atom stereocenters. The maximum Gasteiger partial charge on any atom is 0.348 e. The lowest BCUT2D eigenvalue weighted by Gasteiger charge is -2.60. The summed E-state index contributed by atoms with van der Waals surface area (Å²) in [6.45, 7) is 8.96. The van der Waals surface area contributed by atoms with Crippen molar-refractivity contribution in [2.45, 2.75) is 52.1 Å². The van der Waals surface area contributed by atoms with Crippen molar-refractivity contribution < 1.29 is 28.6 Å². The van der Waals surface area contributed by atoms with E-state index in [4.69, 9.17) is 14.2 Å². The van der Waals surface area contributed by atoms with E-state index >= 15 is 0 Å². The number of thiophene rings is 2. The summed E-state index contributed by atoms with van der Waals surface area (Å²) in [5, 5.41) is 3.71. The Hall–Kier alpha value is -2.97. The summed E-state index contributed by atoms with van der Waals surface area (Å²) in [6, 6.07) is 7.19. The van der Waals surface area contributed by atoms with Crippen molar-refractivity contribution in [3.63, 3.8) is 0 Å². The van der Waals surface area contributed by atoms with E-state index in [-0.39, 0.29) is 41.8 Å². The number of hydrogen-bond donors (Lipinski definition) is 0. The highest BCUT2D eigenvalue weighted by atomic mass is 32.1. The average Bonchev–Trinajstić information content (AvgIpc) is 3.68. The van der Waals surface area contributed by atoms with Crippen LogP contribution in [0.5, 0.6) is 0 Å². The predicted octanol–water partition coefficient (Wildman–Crippen LogP) is 6.97. The highest BCUT2D eigenvalue weighted by Crippen LogP contribution is 2.62. The minimum Gasteiger partial charge on any atom is -0.461 e. The Labute approximate surface area is 231 Å². The number of cyclic esters (lactones) is 1. The van der Waals surface area contributed by atoms with Crippen LogP contribution in [-0.4, -0.2) is 30.6 Å². The van der Waals surface area contributed by atoms with Gasteiger partial charge in [-0.2, -0.15) is 0 Å². The summed E-state index contributed by atoms with van der Waals surface area (Å²) in [5.41, 5.74) is 0.970. The highest BCUT2D eigenvalue weighted by molar-refractivity contribution is 7.12. The first-order valence-corrected chi connectivity index (χ1v) is 14.7. The Kier molecular flexibility index (Phi) is 7.47. The Morgan fingerprint density at radius 2 is 1.84 bits per heavy atom. The summed E-state index contributed by atoms with van der Waals surface area (Å²) in [4.78, 5) is 39.0. The maximum absolute atomic E-state index is 13.0. The van der Waals surface area contributed by atoms with Gasteiger partial charge in [0.15, 0.2) is 0 Å². The molecule has 0 radical (unpaired) electrons. The second kappa shape index (κ2) is 10.7. The Morgan fingerprint density at radius 3 is 2.47 bits per heavy atom. The van der Waals surface area contributed by atoms with E-state index in [1.165, 1.54) is 34.5 Å². The fraction of sp³-hybridized carbons (Fsp3) is 0.433. The second-order valence-electron chi connectivity index (χ2n) is 10.9. The lowest BCUT2D eigenvalue weighted by Crippen LogP contribution is -2.58. The van der Waals surface area contributed by atoms with Crippen LogP contribution < -0.4 is 0 Å². The van der Waals surface area contributed by atoms with Gasteiger partial charge in [0.25, 0.3) is 0 Å². The topological polar surface area (TPSA) is 78.9 Å². The molecule has 1 aliphatic heterocycles. The number of ether oxygens (including phenoxy) is 3. The van der Waals surface area contributed by atoms with Gasteiger partial charge in [0.1, 0.15) is 22.5 Å².